The molecular formula is C12H20O4. The Kier molecular flexibility index (Phi) is 3.61. The van der Waals surface area contributed by atoms with Gasteiger partial charge in [-0.1, -0.05) is 26.7 Å². The van der Waals surface area contributed by atoms with Crippen molar-refractivity contribution in [1.82, 2.24) is 0 Å². The summed E-state index contributed by atoms with van der Waals surface area (Å²) in [6, 6.07) is 0. The maximum Gasteiger partial charge on any atom is 0.351 e. The van der Waals surface area contributed by atoms with E-state index in [0.29, 0.717) is 12.8 Å². The summed E-state index contributed by atoms with van der Waals surface area (Å²) in [5.41, 5.74) is -2.20. The van der Waals surface area contributed by atoms with Gasteiger partial charge >= 0.3 is 11.9 Å². The Bertz CT molecular complexity index is 269. The number of ether oxygens (including phenoxy) is 2. The van der Waals surface area contributed by atoms with Crippen molar-refractivity contribution in [2.24, 2.45) is 0 Å². The van der Waals surface area contributed by atoms with E-state index in [9.17, 15) is 9.59 Å². The third-order valence-electron chi connectivity index (χ3n) is 2.95. The Balaban J connectivity index is 2.86. The summed E-state index contributed by atoms with van der Waals surface area (Å²) in [6.45, 7) is 7.10. The highest BCUT2D eigenvalue weighted by molar-refractivity contribution is 5.92. The molecule has 0 aromatic heterocycles. The molecule has 1 aliphatic heterocycles. The van der Waals surface area contributed by atoms with Crippen LogP contribution in [0.3, 0.4) is 0 Å². The molecule has 4 heteroatoms. The van der Waals surface area contributed by atoms with Crippen molar-refractivity contribution >= 4 is 11.9 Å². The summed E-state index contributed by atoms with van der Waals surface area (Å²) in [6.07, 6.45) is 2.53. The second-order valence-corrected chi connectivity index (χ2v) is 4.74. The third kappa shape index (κ3) is 2.20. The summed E-state index contributed by atoms with van der Waals surface area (Å²) in [5, 5.41) is 0. The fourth-order valence-electron chi connectivity index (χ4n) is 1.97. The lowest BCUT2D eigenvalue weighted by Crippen LogP contribution is -2.57. The predicted octanol–water partition coefficient (Wildman–Crippen LogP) is 2.20. The minimum atomic E-state index is -1.10. The van der Waals surface area contributed by atoms with Crippen molar-refractivity contribution in [3.63, 3.8) is 0 Å². The quantitative estimate of drug-likeness (QED) is 0.692. The molecule has 0 aliphatic carbocycles. The molecule has 16 heavy (non-hydrogen) atoms. The molecule has 1 heterocycles. The van der Waals surface area contributed by atoms with Gasteiger partial charge in [-0.2, -0.15) is 0 Å². The highest BCUT2D eigenvalue weighted by atomic mass is 16.7. The van der Waals surface area contributed by atoms with Gasteiger partial charge in [0, 0.05) is 0 Å². The van der Waals surface area contributed by atoms with Gasteiger partial charge in [0.25, 0.3) is 0 Å². The average molecular weight is 228 g/mol. The minimum Gasteiger partial charge on any atom is -0.444 e. The van der Waals surface area contributed by atoms with Crippen molar-refractivity contribution in [2.45, 2.75) is 64.6 Å². The normalized spacial score (nSPS) is 34.5. The van der Waals surface area contributed by atoms with Crippen LogP contribution in [-0.4, -0.2) is 23.1 Å². The van der Waals surface area contributed by atoms with Gasteiger partial charge in [-0.05, 0) is 26.7 Å². The van der Waals surface area contributed by atoms with E-state index in [1.54, 1.807) is 13.8 Å². The number of carbonyl (C=O) groups is 2. The van der Waals surface area contributed by atoms with Crippen LogP contribution in [0, 0.1) is 0 Å². The summed E-state index contributed by atoms with van der Waals surface area (Å²) in [7, 11) is 0. The van der Waals surface area contributed by atoms with Crippen LogP contribution in [0.2, 0.25) is 0 Å². The molecule has 1 fully saturated rings. The summed E-state index contributed by atoms with van der Waals surface area (Å²) in [4.78, 5) is 23.7. The Morgan fingerprint density at radius 3 is 1.44 bits per heavy atom. The van der Waals surface area contributed by atoms with Gasteiger partial charge in [0.15, 0.2) is 0 Å². The highest BCUT2D eigenvalue weighted by Crippen LogP contribution is 2.33. The predicted molar refractivity (Wildman–Crippen MR) is 58.8 cm³/mol. The van der Waals surface area contributed by atoms with Gasteiger partial charge in [-0.25, -0.2) is 9.59 Å². The van der Waals surface area contributed by atoms with Crippen molar-refractivity contribution in [1.29, 1.82) is 0 Å². The first-order chi connectivity index (χ1) is 7.38. The van der Waals surface area contributed by atoms with Gasteiger partial charge in [-0.3, -0.25) is 0 Å². The van der Waals surface area contributed by atoms with Crippen LogP contribution in [0.15, 0.2) is 0 Å². The molecule has 1 saturated heterocycles. The molecule has 0 saturated carbocycles. The molecular weight excluding hydrogens is 208 g/mol. The average Bonchev–Trinajstić information content (AvgIpc) is 2.16. The standard InChI is InChI=1S/C12H20O4/c1-5-7-11(3)9(13)16-12(4,8-6-2)10(14)15-11/h5-8H2,1-4H3. The second-order valence-electron chi connectivity index (χ2n) is 4.74. The number of rotatable bonds is 4. The van der Waals surface area contributed by atoms with E-state index in [0.717, 1.165) is 12.8 Å². The van der Waals surface area contributed by atoms with Crippen molar-refractivity contribution in [3.05, 3.63) is 0 Å². The van der Waals surface area contributed by atoms with Crippen LogP contribution in [0.25, 0.3) is 0 Å². The number of hydrogen-bond acceptors (Lipinski definition) is 4. The van der Waals surface area contributed by atoms with Gasteiger partial charge in [0.2, 0.25) is 11.2 Å². The molecule has 2 atom stereocenters. The maximum atomic E-state index is 11.8. The Hall–Kier alpha value is -1.06. The Morgan fingerprint density at radius 2 is 1.19 bits per heavy atom. The lowest BCUT2D eigenvalue weighted by molar-refractivity contribution is -0.224. The van der Waals surface area contributed by atoms with Crippen molar-refractivity contribution < 1.29 is 19.1 Å². The van der Waals surface area contributed by atoms with E-state index in [2.05, 4.69) is 0 Å². The monoisotopic (exact) mass is 228 g/mol. The largest absolute Gasteiger partial charge is 0.444 e. The van der Waals surface area contributed by atoms with Crippen molar-refractivity contribution in [2.75, 3.05) is 0 Å². The summed E-state index contributed by atoms with van der Waals surface area (Å²) < 4.78 is 10.6. The van der Waals surface area contributed by atoms with E-state index in [1.165, 1.54) is 0 Å². The van der Waals surface area contributed by atoms with Crippen molar-refractivity contribution in [3.8, 4) is 0 Å². The van der Waals surface area contributed by atoms with E-state index >= 15 is 0 Å². The zero-order chi connectivity index (χ0) is 12.4. The van der Waals surface area contributed by atoms with E-state index in [4.69, 9.17) is 9.47 Å². The number of esters is 2. The molecule has 0 radical (unpaired) electrons. The molecule has 4 nitrogen and oxygen atoms in total. The highest BCUT2D eigenvalue weighted by Gasteiger charge is 2.52. The molecule has 0 aromatic carbocycles. The Morgan fingerprint density at radius 1 is 0.875 bits per heavy atom. The summed E-state index contributed by atoms with van der Waals surface area (Å²) in [5.74, 6) is -0.852. The third-order valence-corrected chi connectivity index (χ3v) is 2.95. The molecule has 0 bridgehead atoms. The summed E-state index contributed by atoms with van der Waals surface area (Å²) >= 11 is 0. The topological polar surface area (TPSA) is 52.6 Å². The Labute approximate surface area is 96.3 Å². The second kappa shape index (κ2) is 4.44. The van der Waals surface area contributed by atoms with Gasteiger partial charge in [0.05, 0.1) is 0 Å². The van der Waals surface area contributed by atoms with Crippen LogP contribution in [0.4, 0.5) is 0 Å². The lowest BCUT2D eigenvalue weighted by Gasteiger charge is -2.40. The molecule has 1 rings (SSSR count). The first-order valence-electron chi connectivity index (χ1n) is 5.85. The SMILES string of the molecule is CCCC1(C)OC(=O)C(C)(CCC)OC1=O. The van der Waals surface area contributed by atoms with E-state index < -0.39 is 23.1 Å². The number of hydrogen-bond donors (Lipinski definition) is 0. The molecule has 92 valence electrons. The van der Waals surface area contributed by atoms with Gasteiger partial charge in [0.1, 0.15) is 0 Å². The lowest BCUT2D eigenvalue weighted by atomic mass is 9.94. The van der Waals surface area contributed by atoms with Crippen LogP contribution in [-0.2, 0) is 19.1 Å². The fraction of sp³-hybridized carbons (Fsp3) is 0.833. The van der Waals surface area contributed by atoms with Gasteiger partial charge < -0.3 is 9.47 Å². The number of cyclic esters (lactones) is 2. The smallest absolute Gasteiger partial charge is 0.351 e. The molecule has 0 amide bonds. The minimum absolute atomic E-state index is 0.426. The molecule has 2 unspecified atom stereocenters. The first kappa shape index (κ1) is 13.0. The van der Waals surface area contributed by atoms with Crippen LogP contribution < -0.4 is 0 Å². The van der Waals surface area contributed by atoms with Crippen LogP contribution in [0.5, 0.6) is 0 Å². The molecule has 0 spiro atoms. The number of carbonyl (C=O) groups excluding carboxylic acids is 2. The first-order valence-corrected chi connectivity index (χ1v) is 5.85. The van der Waals surface area contributed by atoms with E-state index in [1.807, 2.05) is 13.8 Å². The molecule has 0 aromatic rings. The fourth-order valence-corrected chi connectivity index (χ4v) is 1.97. The molecule has 0 N–H and O–H groups in total. The van der Waals surface area contributed by atoms with Crippen LogP contribution >= 0.6 is 0 Å². The molecule has 1 aliphatic rings. The zero-order valence-corrected chi connectivity index (χ0v) is 10.5. The maximum absolute atomic E-state index is 11.8. The van der Waals surface area contributed by atoms with Gasteiger partial charge in [-0.15, -0.1) is 0 Å². The van der Waals surface area contributed by atoms with E-state index in [-0.39, 0.29) is 0 Å². The van der Waals surface area contributed by atoms with Crippen LogP contribution in [0.1, 0.15) is 53.4 Å². The zero-order valence-electron chi connectivity index (χ0n) is 10.5.